The van der Waals surface area contributed by atoms with E-state index >= 15 is 0 Å². The Morgan fingerprint density at radius 3 is 1.70 bits per heavy atom. The number of hydrogen-bond donors (Lipinski definition) is 0. The van der Waals surface area contributed by atoms with Gasteiger partial charge in [0, 0.05) is 13.8 Å². The number of carbonyl (C=O) groups excluding carboxylic acids is 2. The van der Waals surface area contributed by atoms with Crippen molar-refractivity contribution in [1.82, 2.24) is 0 Å². The molecule has 0 radical (unpaired) electrons. The summed E-state index contributed by atoms with van der Waals surface area (Å²) < 4.78 is 10.6. The fourth-order valence-electron chi connectivity index (χ4n) is 3.44. The van der Waals surface area contributed by atoms with E-state index in [4.69, 9.17) is 9.47 Å². The van der Waals surface area contributed by atoms with Gasteiger partial charge in [-0.3, -0.25) is 9.59 Å². The van der Waals surface area contributed by atoms with Crippen LogP contribution in [-0.4, -0.2) is 11.9 Å². The van der Waals surface area contributed by atoms with Gasteiger partial charge in [0.05, 0.1) is 0 Å². The maximum absolute atomic E-state index is 11.4. The molecule has 0 heterocycles. The summed E-state index contributed by atoms with van der Waals surface area (Å²) in [5.41, 5.74) is 5.08. The van der Waals surface area contributed by atoms with Crippen molar-refractivity contribution in [3.8, 4) is 11.5 Å². The largest absolute Gasteiger partial charge is 0.427 e. The van der Waals surface area contributed by atoms with E-state index in [-0.39, 0.29) is 11.9 Å². The van der Waals surface area contributed by atoms with E-state index in [2.05, 4.69) is 19.1 Å². The average molecular weight is 400 g/mol. The van der Waals surface area contributed by atoms with Crippen LogP contribution in [0.4, 0.5) is 0 Å². The number of benzene rings is 3. The molecule has 0 saturated heterocycles. The van der Waals surface area contributed by atoms with Gasteiger partial charge in [-0.15, -0.1) is 0 Å². The lowest BCUT2D eigenvalue weighted by Gasteiger charge is -2.17. The Balaban J connectivity index is 2.22. The first kappa shape index (κ1) is 21.1. The van der Waals surface area contributed by atoms with Crippen LogP contribution in [0.5, 0.6) is 11.5 Å². The van der Waals surface area contributed by atoms with Crippen LogP contribution in [0.15, 0.2) is 78.9 Å². The minimum atomic E-state index is -0.359. The minimum absolute atomic E-state index is 0.355. The molecular weight excluding hydrogens is 376 g/mol. The molecule has 0 aromatic heterocycles. The van der Waals surface area contributed by atoms with E-state index in [1.54, 1.807) is 12.1 Å². The van der Waals surface area contributed by atoms with Crippen LogP contribution < -0.4 is 9.47 Å². The topological polar surface area (TPSA) is 52.6 Å². The summed E-state index contributed by atoms with van der Waals surface area (Å²) in [7, 11) is 0. The quantitative estimate of drug-likeness (QED) is 0.293. The molecule has 0 aliphatic rings. The van der Waals surface area contributed by atoms with Crippen LogP contribution in [0.2, 0.25) is 0 Å². The van der Waals surface area contributed by atoms with E-state index in [0.29, 0.717) is 11.5 Å². The zero-order valence-electron chi connectivity index (χ0n) is 17.3. The maximum atomic E-state index is 11.4. The highest BCUT2D eigenvalue weighted by molar-refractivity contribution is 5.99. The first-order chi connectivity index (χ1) is 14.5. The van der Waals surface area contributed by atoms with Gasteiger partial charge >= 0.3 is 11.9 Å². The van der Waals surface area contributed by atoms with Gasteiger partial charge < -0.3 is 9.47 Å². The summed E-state index contributed by atoms with van der Waals surface area (Å²) in [5.74, 6) is 0.290. The summed E-state index contributed by atoms with van der Waals surface area (Å²) in [6.07, 6.45) is 0.756. The van der Waals surface area contributed by atoms with Crippen molar-refractivity contribution in [3.05, 3.63) is 95.6 Å². The highest BCUT2D eigenvalue weighted by Crippen LogP contribution is 2.36. The second-order valence-electron chi connectivity index (χ2n) is 6.82. The lowest BCUT2D eigenvalue weighted by molar-refractivity contribution is -0.132. The smallest absolute Gasteiger partial charge is 0.308 e. The third-order valence-electron chi connectivity index (χ3n) is 4.55. The fraction of sp³-hybridized carbons (Fsp3) is 0.154. The normalized spacial score (nSPS) is 11.4. The lowest BCUT2D eigenvalue weighted by atomic mass is 9.88. The van der Waals surface area contributed by atoms with E-state index in [9.17, 15) is 9.59 Å². The molecule has 4 nitrogen and oxygen atoms in total. The van der Waals surface area contributed by atoms with E-state index in [1.165, 1.54) is 13.8 Å². The van der Waals surface area contributed by atoms with Crippen LogP contribution in [0.25, 0.3) is 11.1 Å². The Labute approximate surface area is 176 Å². The van der Waals surface area contributed by atoms with Crippen LogP contribution in [0.3, 0.4) is 0 Å². The first-order valence-electron chi connectivity index (χ1n) is 9.84. The number of allylic oxidation sites excluding steroid dienone is 1. The second kappa shape index (κ2) is 9.70. The maximum Gasteiger partial charge on any atom is 0.308 e. The average Bonchev–Trinajstić information content (AvgIpc) is 2.72. The van der Waals surface area contributed by atoms with Gasteiger partial charge in [-0.1, -0.05) is 61.5 Å². The molecule has 152 valence electrons. The molecule has 0 aliphatic heterocycles. The molecule has 0 amide bonds. The van der Waals surface area contributed by atoms with Crippen molar-refractivity contribution < 1.29 is 19.1 Å². The summed E-state index contributed by atoms with van der Waals surface area (Å²) in [6, 6.07) is 25.1. The summed E-state index contributed by atoms with van der Waals surface area (Å²) in [4.78, 5) is 22.8. The SMILES string of the molecule is CC/C(=C(/c1ccccc1)c1cccc(OC(C)=O)c1)c1cccc(OC(C)=O)c1. The monoisotopic (exact) mass is 400 g/mol. The molecule has 0 N–H and O–H groups in total. The highest BCUT2D eigenvalue weighted by atomic mass is 16.5. The Bertz CT molecular complexity index is 1080. The van der Waals surface area contributed by atoms with Crippen molar-refractivity contribution in [1.29, 1.82) is 0 Å². The van der Waals surface area contributed by atoms with Gasteiger partial charge in [0.1, 0.15) is 11.5 Å². The molecule has 3 aromatic rings. The van der Waals surface area contributed by atoms with Crippen molar-refractivity contribution in [3.63, 3.8) is 0 Å². The number of ether oxygens (including phenoxy) is 2. The Hall–Kier alpha value is -3.66. The first-order valence-corrected chi connectivity index (χ1v) is 9.84. The van der Waals surface area contributed by atoms with Crippen LogP contribution in [0, 0.1) is 0 Å². The molecule has 0 spiro atoms. The number of rotatable bonds is 6. The fourth-order valence-corrected chi connectivity index (χ4v) is 3.44. The Morgan fingerprint density at radius 2 is 1.17 bits per heavy atom. The molecule has 0 bridgehead atoms. The zero-order chi connectivity index (χ0) is 21.5. The molecule has 0 fully saturated rings. The lowest BCUT2D eigenvalue weighted by Crippen LogP contribution is -2.03. The van der Waals surface area contributed by atoms with Gasteiger partial charge in [-0.05, 0) is 58.5 Å². The molecule has 0 unspecified atom stereocenters. The summed E-state index contributed by atoms with van der Waals surface area (Å²) >= 11 is 0. The van der Waals surface area contributed by atoms with Crippen LogP contribution in [0.1, 0.15) is 43.9 Å². The third kappa shape index (κ3) is 5.23. The van der Waals surface area contributed by atoms with Gasteiger partial charge in [-0.2, -0.15) is 0 Å². The van der Waals surface area contributed by atoms with Crippen molar-refractivity contribution in [2.45, 2.75) is 27.2 Å². The summed E-state index contributed by atoms with van der Waals surface area (Å²) in [5, 5.41) is 0. The van der Waals surface area contributed by atoms with Gasteiger partial charge in [0.2, 0.25) is 0 Å². The molecule has 3 aromatic carbocycles. The van der Waals surface area contributed by atoms with Gasteiger partial charge in [0.25, 0.3) is 0 Å². The predicted molar refractivity (Wildman–Crippen MR) is 118 cm³/mol. The standard InChI is InChI=1S/C26H24O4/c1-4-25(21-12-8-14-23(16-21)29-18(2)27)26(20-10-6-5-7-11-20)22-13-9-15-24(17-22)30-19(3)28/h5-17H,4H2,1-3H3/b26-25+. The molecule has 3 rings (SSSR count). The van der Waals surface area contributed by atoms with Crippen LogP contribution >= 0.6 is 0 Å². The number of carbonyl (C=O) groups is 2. The zero-order valence-corrected chi connectivity index (χ0v) is 17.3. The van der Waals surface area contributed by atoms with E-state index in [0.717, 1.165) is 34.3 Å². The van der Waals surface area contributed by atoms with Gasteiger partial charge in [0.15, 0.2) is 0 Å². The minimum Gasteiger partial charge on any atom is -0.427 e. The Morgan fingerprint density at radius 1 is 0.667 bits per heavy atom. The summed E-state index contributed by atoms with van der Waals surface area (Å²) in [6.45, 7) is 4.87. The van der Waals surface area contributed by atoms with Crippen molar-refractivity contribution in [2.24, 2.45) is 0 Å². The van der Waals surface area contributed by atoms with Crippen molar-refractivity contribution in [2.75, 3.05) is 0 Å². The second-order valence-corrected chi connectivity index (χ2v) is 6.82. The molecule has 0 atom stereocenters. The van der Waals surface area contributed by atoms with Crippen molar-refractivity contribution >= 4 is 23.1 Å². The third-order valence-corrected chi connectivity index (χ3v) is 4.55. The molecule has 0 aliphatic carbocycles. The highest BCUT2D eigenvalue weighted by Gasteiger charge is 2.15. The number of hydrogen-bond acceptors (Lipinski definition) is 4. The van der Waals surface area contributed by atoms with Crippen LogP contribution in [-0.2, 0) is 9.59 Å². The van der Waals surface area contributed by atoms with Gasteiger partial charge in [-0.25, -0.2) is 0 Å². The van der Waals surface area contributed by atoms with E-state index < -0.39 is 0 Å². The molecule has 30 heavy (non-hydrogen) atoms. The molecular formula is C26H24O4. The molecule has 0 saturated carbocycles. The molecule has 4 heteroatoms. The van der Waals surface area contributed by atoms with E-state index in [1.807, 2.05) is 54.6 Å². The Kier molecular flexibility index (Phi) is 6.81. The predicted octanol–water partition coefficient (Wildman–Crippen LogP) is 5.91. The number of esters is 2.